The maximum Gasteiger partial charge on any atom is 0.181 e. The van der Waals surface area contributed by atoms with Crippen LogP contribution in [0.25, 0.3) is 0 Å². The van der Waals surface area contributed by atoms with Crippen molar-refractivity contribution in [1.82, 2.24) is 0 Å². The smallest absolute Gasteiger partial charge is 0.181 e. The molecule has 0 spiro atoms. The van der Waals surface area contributed by atoms with Crippen LogP contribution < -0.4 is 4.74 Å². The summed E-state index contributed by atoms with van der Waals surface area (Å²) in [5.74, 6) is -0.553. The van der Waals surface area contributed by atoms with E-state index in [2.05, 4.69) is 0 Å². The maximum atomic E-state index is 12.6. The summed E-state index contributed by atoms with van der Waals surface area (Å²) in [5, 5.41) is 0. The van der Waals surface area contributed by atoms with Crippen molar-refractivity contribution in [2.24, 2.45) is 5.92 Å². The Balaban J connectivity index is 1.97. The van der Waals surface area contributed by atoms with Crippen molar-refractivity contribution < 1.29 is 14.3 Å². The van der Waals surface area contributed by atoms with Crippen LogP contribution in [-0.2, 0) is 0 Å². The van der Waals surface area contributed by atoms with Gasteiger partial charge < -0.3 is 4.74 Å². The number of para-hydroxylation sites is 1. The number of fused-ring (bicyclic) bond motifs is 1. The summed E-state index contributed by atoms with van der Waals surface area (Å²) in [5.41, 5.74) is 2.12. The zero-order chi connectivity index (χ0) is 15.0. The van der Waals surface area contributed by atoms with Gasteiger partial charge in [0.2, 0.25) is 0 Å². The molecule has 0 fully saturated rings. The van der Waals surface area contributed by atoms with Crippen molar-refractivity contribution in [1.29, 1.82) is 0 Å². The standard InChI is InChI=1S/C18H16O3/c1-11-7-9-13(10-8-11)17(19)16-12(2)21-15-6-4-3-5-14(15)18(16)20/h3-10,12,16H,1-2H3/t12-,16?/m1/s1. The molecule has 0 radical (unpaired) electrons. The van der Waals surface area contributed by atoms with Gasteiger partial charge in [-0.05, 0) is 26.0 Å². The van der Waals surface area contributed by atoms with Crippen molar-refractivity contribution in [3.8, 4) is 5.75 Å². The van der Waals surface area contributed by atoms with Crippen molar-refractivity contribution in [3.63, 3.8) is 0 Å². The Morgan fingerprint density at radius 1 is 1.05 bits per heavy atom. The number of hydrogen-bond acceptors (Lipinski definition) is 3. The molecule has 0 bridgehead atoms. The summed E-state index contributed by atoms with van der Waals surface area (Å²) < 4.78 is 5.74. The molecular formula is C18H16O3. The fourth-order valence-corrected chi connectivity index (χ4v) is 2.65. The van der Waals surface area contributed by atoms with Crippen molar-refractivity contribution >= 4 is 11.6 Å². The Labute approximate surface area is 123 Å². The van der Waals surface area contributed by atoms with Gasteiger partial charge in [-0.3, -0.25) is 9.59 Å². The summed E-state index contributed by atoms with van der Waals surface area (Å²) >= 11 is 0. The highest BCUT2D eigenvalue weighted by Gasteiger charge is 2.39. The lowest BCUT2D eigenvalue weighted by Crippen LogP contribution is -2.40. The monoisotopic (exact) mass is 280 g/mol. The Bertz CT molecular complexity index is 701. The molecule has 0 saturated heterocycles. The third kappa shape index (κ3) is 2.35. The third-order valence-electron chi connectivity index (χ3n) is 3.84. The van der Waals surface area contributed by atoms with Gasteiger partial charge in [-0.25, -0.2) is 0 Å². The van der Waals surface area contributed by atoms with E-state index in [4.69, 9.17) is 4.74 Å². The summed E-state index contributed by atoms with van der Waals surface area (Å²) in [7, 11) is 0. The van der Waals surface area contributed by atoms with Gasteiger partial charge in [0.15, 0.2) is 11.6 Å². The van der Waals surface area contributed by atoms with Crippen LogP contribution in [0.1, 0.15) is 33.2 Å². The average Bonchev–Trinajstić information content (AvgIpc) is 2.48. The molecule has 3 heteroatoms. The van der Waals surface area contributed by atoms with Crippen LogP contribution in [0, 0.1) is 12.8 Å². The van der Waals surface area contributed by atoms with E-state index in [1.165, 1.54) is 0 Å². The Morgan fingerprint density at radius 3 is 2.43 bits per heavy atom. The lowest BCUT2D eigenvalue weighted by molar-refractivity contribution is 0.0606. The molecule has 0 aromatic heterocycles. The first-order valence-electron chi connectivity index (χ1n) is 6.98. The molecule has 21 heavy (non-hydrogen) atoms. The Hall–Kier alpha value is -2.42. The number of carbonyl (C=O) groups is 2. The van der Waals surface area contributed by atoms with Gasteiger partial charge in [0.25, 0.3) is 0 Å². The number of hydrogen-bond donors (Lipinski definition) is 0. The topological polar surface area (TPSA) is 43.4 Å². The van der Waals surface area contributed by atoms with Crippen LogP contribution in [0.15, 0.2) is 48.5 Å². The molecule has 0 N–H and O–H groups in total. The Morgan fingerprint density at radius 2 is 1.71 bits per heavy atom. The summed E-state index contributed by atoms with van der Waals surface area (Å²) in [6.07, 6.45) is -0.457. The average molecular weight is 280 g/mol. The molecule has 1 unspecified atom stereocenters. The number of ketones is 2. The van der Waals surface area contributed by atoms with Crippen LogP contribution in [0.5, 0.6) is 5.75 Å². The molecule has 0 amide bonds. The lowest BCUT2D eigenvalue weighted by Gasteiger charge is -2.29. The first kappa shape index (κ1) is 13.6. The normalized spacial score (nSPS) is 20.6. The van der Waals surface area contributed by atoms with E-state index in [0.717, 1.165) is 5.56 Å². The number of rotatable bonds is 2. The van der Waals surface area contributed by atoms with Gasteiger partial charge in [-0.15, -0.1) is 0 Å². The second-order valence-corrected chi connectivity index (χ2v) is 5.39. The van der Waals surface area contributed by atoms with Crippen molar-refractivity contribution in [3.05, 3.63) is 65.2 Å². The van der Waals surface area contributed by atoms with E-state index < -0.39 is 12.0 Å². The molecule has 1 aliphatic rings. The van der Waals surface area contributed by atoms with E-state index in [1.54, 1.807) is 37.3 Å². The summed E-state index contributed by atoms with van der Waals surface area (Å²) in [6, 6.07) is 14.3. The number of benzene rings is 2. The van der Waals surface area contributed by atoms with Gasteiger partial charge in [0.1, 0.15) is 17.8 Å². The van der Waals surface area contributed by atoms with E-state index in [0.29, 0.717) is 16.9 Å². The van der Waals surface area contributed by atoms with Crippen LogP contribution >= 0.6 is 0 Å². The summed E-state index contributed by atoms with van der Waals surface area (Å²) in [6.45, 7) is 3.73. The predicted octanol–water partition coefficient (Wildman–Crippen LogP) is 3.46. The van der Waals surface area contributed by atoms with Crippen LogP contribution in [-0.4, -0.2) is 17.7 Å². The van der Waals surface area contributed by atoms with Gasteiger partial charge in [0, 0.05) is 5.56 Å². The number of aryl methyl sites for hydroxylation is 1. The van der Waals surface area contributed by atoms with E-state index in [9.17, 15) is 9.59 Å². The molecule has 0 aliphatic carbocycles. The van der Waals surface area contributed by atoms with E-state index >= 15 is 0 Å². The first-order chi connectivity index (χ1) is 10.1. The van der Waals surface area contributed by atoms with Gasteiger partial charge in [-0.1, -0.05) is 42.0 Å². The molecular weight excluding hydrogens is 264 g/mol. The third-order valence-corrected chi connectivity index (χ3v) is 3.84. The highest BCUT2D eigenvalue weighted by atomic mass is 16.5. The van der Waals surface area contributed by atoms with Crippen molar-refractivity contribution in [2.45, 2.75) is 20.0 Å². The van der Waals surface area contributed by atoms with Crippen LogP contribution in [0.2, 0.25) is 0 Å². The first-order valence-corrected chi connectivity index (χ1v) is 6.98. The highest BCUT2D eigenvalue weighted by Crippen LogP contribution is 2.32. The summed E-state index contributed by atoms with van der Waals surface area (Å²) in [4.78, 5) is 25.2. The quantitative estimate of drug-likeness (QED) is 0.625. The molecule has 3 nitrogen and oxygen atoms in total. The molecule has 1 heterocycles. The minimum atomic E-state index is -0.775. The van der Waals surface area contributed by atoms with Crippen LogP contribution in [0.4, 0.5) is 0 Å². The lowest BCUT2D eigenvalue weighted by atomic mass is 9.84. The predicted molar refractivity (Wildman–Crippen MR) is 79.9 cm³/mol. The van der Waals surface area contributed by atoms with Gasteiger partial charge in [-0.2, -0.15) is 0 Å². The minimum absolute atomic E-state index is 0.157. The largest absolute Gasteiger partial charge is 0.489 e. The Kier molecular flexibility index (Phi) is 3.34. The van der Waals surface area contributed by atoms with Crippen LogP contribution in [0.3, 0.4) is 0 Å². The van der Waals surface area contributed by atoms with E-state index in [-0.39, 0.29) is 11.6 Å². The minimum Gasteiger partial charge on any atom is -0.489 e. The molecule has 106 valence electrons. The van der Waals surface area contributed by atoms with Crippen molar-refractivity contribution in [2.75, 3.05) is 0 Å². The zero-order valence-electron chi connectivity index (χ0n) is 12.0. The van der Waals surface area contributed by atoms with Gasteiger partial charge >= 0.3 is 0 Å². The number of Topliss-reactive ketones (excluding diaryl/α,β-unsaturated/α-hetero) is 2. The highest BCUT2D eigenvalue weighted by molar-refractivity contribution is 6.18. The molecule has 2 aromatic rings. The second-order valence-electron chi connectivity index (χ2n) is 5.39. The fourth-order valence-electron chi connectivity index (χ4n) is 2.65. The van der Waals surface area contributed by atoms with E-state index in [1.807, 2.05) is 25.1 Å². The molecule has 2 aromatic carbocycles. The number of ether oxygens (including phenoxy) is 1. The zero-order valence-corrected chi connectivity index (χ0v) is 12.0. The molecule has 2 atom stereocenters. The molecule has 0 saturated carbocycles. The SMILES string of the molecule is Cc1ccc(C(=O)C2C(=O)c3ccccc3O[C@@H]2C)cc1. The second kappa shape index (κ2) is 5.17. The molecule has 1 aliphatic heterocycles. The fraction of sp³-hybridized carbons (Fsp3) is 0.222. The van der Waals surface area contributed by atoms with Gasteiger partial charge in [0.05, 0.1) is 5.56 Å². The molecule has 3 rings (SSSR count). The number of carbonyl (C=O) groups excluding carboxylic acids is 2. The maximum absolute atomic E-state index is 12.6.